The molecule has 30 heavy (non-hydrogen) atoms. The van der Waals surface area contributed by atoms with E-state index in [9.17, 15) is 18.0 Å². The van der Waals surface area contributed by atoms with Gasteiger partial charge in [-0.2, -0.15) is 17.5 Å². The second-order valence-corrected chi connectivity index (χ2v) is 6.97. The van der Waals surface area contributed by atoms with Gasteiger partial charge in [-0.1, -0.05) is 0 Å². The van der Waals surface area contributed by atoms with Crippen LogP contribution in [-0.2, 0) is 12.6 Å². The fourth-order valence-electron chi connectivity index (χ4n) is 2.52. The maximum atomic E-state index is 12.9. The first-order valence-electron chi connectivity index (χ1n) is 8.71. The van der Waals surface area contributed by atoms with Crippen molar-refractivity contribution < 1.29 is 22.7 Å². The lowest BCUT2D eigenvalue weighted by Crippen LogP contribution is -2.15. The Morgan fingerprint density at radius 3 is 2.73 bits per heavy atom. The number of aromatic nitrogens is 4. The van der Waals surface area contributed by atoms with Crippen LogP contribution < -0.4 is 15.8 Å². The highest BCUT2D eigenvalue weighted by molar-refractivity contribution is 7.06. The minimum atomic E-state index is -4.60. The van der Waals surface area contributed by atoms with E-state index in [1.807, 2.05) is 0 Å². The van der Waals surface area contributed by atoms with Crippen molar-refractivity contribution in [1.29, 1.82) is 0 Å². The van der Waals surface area contributed by atoms with Gasteiger partial charge in [-0.05, 0) is 24.5 Å². The van der Waals surface area contributed by atoms with Crippen molar-refractivity contribution in [2.24, 2.45) is 5.73 Å². The minimum absolute atomic E-state index is 0.00467. The lowest BCUT2D eigenvalue weighted by Gasteiger charge is -2.09. The van der Waals surface area contributed by atoms with Crippen LogP contribution in [0.3, 0.4) is 0 Å². The second kappa shape index (κ2) is 9.13. The SMILES string of the molecule is Cc1nsc(Cc2cncc(C(F)(F)F)n2)c1C(=O)Nc1ccc(OCCN)nc1. The van der Waals surface area contributed by atoms with Crippen molar-refractivity contribution in [1.82, 2.24) is 19.3 Å². The Kier molecular flexibility index (Phi) is 6.57. The number of hydrogen-bond acceptors (Lipinski definition) is 8. The number of hydrogen-bond donors (Lipinski definition) is 2. The number of nitrogens with one attached hydrogen (secondary N) is 1. The summed E-state index contributed by atoms with van der Waals surface area (Å²) in [4.78, 5) is 24.5. The van der Waals surface area contributed by atoms with E-state index >= 15 is 0 Å². The van der Waals surface area contributed by atoms with E-state index < -0.39 is 17.8 Å². The maximum absolute atomic E-state index is 12.9. The summed E-state index contributed by atoms with van der Waals surface area (Å²) in [5.41, 5.74) is 5.53. The molecule has 1 amide bonds. The summed E-state index contributed by atoms with van der Waals surface area (Å²) in [5.74, 6) is -0.0794. The quantitative estimate of drug-likeness (QED) is 0.583. The number of nitrogens with zero attached hydrogens (tertiary/aromatic N) is 4. The van der Waals surface area contributed by atoms with Gasteiger partial charge >= 0.3 is 6.18 Å². The average Bonchev–Trinajstić information content (AvgIpc) is 3.07. The van der Waals surface area contributed by atoms with Gasteiger partial charge in [0.1, 0.15) is 6.61 Å². The summed E-state index contributed by atoms with van der Waals surface area (Å²) >= 11 is 1.03. The molecule has 0 unspecified atom stereocenters. The summed E-state index contributed by atoms with van der Waals surface area (Å²) in [7, 11) is 0. The van der Waals surface area contributed by atoms with Gasteiger partial charge in [0.15, 0.2) is 5.69 Å². The zero-order chi connectivity index (χ0) is 21.7. The van der Waals surface area contributed by atoms with Gasteiger partial charge in [0, 0.05) is 30.1 Å². The molecule has 0 bridgehead atoms. The van der Waals surface area contributed by atoms with Crippen LogP contribution in [0.25, 0.3) is 0 Å². The normalized spacial score (nSPS) is 11.4. The third-order valence-electron chi connectivity index (χ3n) is 3.84. The monoisotopic (exact) mass is 438 g/mol. The number of carbonyl (C=O) groups is 1. The lowest BCUT2D eigenvalue weighted by molar-refractivity contribution is -0.141. The molecule has 8 nitrogen and oxygen atoms in total. The van der Waals surface area contributed by atoms with Gasteiger partial charge in [-0.15, -0.1) is 0 Å². The fraction of sp³-hybridized carbons (Fsp3) is 0.278. The molecule has 12 heteroatoms. The predicted molar refractivity (Wildman–Crippen MR) is 103 cm³/mol. The molecule has 0 radical (unpaired) electrons. The molecule has 0 fully saturated rings. The Labute approximate surface area is 173 Å². The van der Waals surface area contributed by atoms with Gasteiger partial charge in [0.2, 0.25) is 5.88 Å². The Balaban J connectivity index is 1.76. The van der Waals surface area contributed by atoms with E-state index in [4.69, 9.17) is 10.5 Å². The first kappa shape index (κ1) is 21.6. The third-order valence-corrected chi connectivity index (χ3v) is 4.77. The summed E-state index contributed by atoms with van der Waals surface area (Å²) < 4.78 is 48.0. The number of amides is 1. The van der Waals surface area contributed by atoms with Gasteiger partial charge in [-0.25, -0.2) is 9.97 Å². The summed E-state index contributed by atoms with van der Waals surface area (Å²) in [5, 5.41) is 2.70. The van der Waals surface area contributed by atoms with Crippen LogP contribution in [0.2, 0.25) is 0 Å². The van der Waals surface area contributed by atoms with Crippen molar-refractivity contribution >= 4 is 23.1 Å². The molecule has 0 atom stereocenters. The Morgan fingerprint density at radius 1 is 1.27 bits per heavy atom. The lowest BCUT2D eigenvalue weighted by atomic mass is 10.1. The summed E-state index contributed by atoms with van der Waals surface area (Å²) in [6, 6.07) is 3.20. The number of carbonyl (C=O) groups excluding carboxylic acids is 1. The van der Waals surface area contributed by atoms with E-state index in [0.717, 1.165) is 11.5 Å². The van der Waals surface area contributed by atoms with Gasteiger partial charge < -0.3 is 15.8 Å². The third kappa shape index (κ3) is 5.27. The molecule has 158 valence electrons. The van der Waals surface area contributed by atoms with E-state index in [2.05, 4.69) is 24.6 Å². The number of rotatable bonds is 7. The van der Waals surface area contributed by atoms with Crippen LogP contribution in [-0.4, -0.2) is 38.4 Å². The van der Waals surface area contributed by atoms with Crippen LogP contribution in [0.15, 0.2) is 30.7 Å². The molecule has 3 rings (SSSR count). The van der Waals surface area contributed by atoms with E-state index in [1.54, 1.807) is 19.1 Å². The van der Waals surface area contributed by atoms with Crippen molar-refractivity contribution in [3.63, 3.8) is 0 Å². The molecule has 0 aliphatic heterocycles. The van der Waals surface area contributed by atoms with Gasteiger partial charge in [-0.3, -0.25) is 9.78 Å². The molecule has 3 aromatic heterocycles. The molecule has 3 heterocycles. The van der Waals surface area contributed by atoms with Crippen molar-refractivity contribution in [3.8, 4) is 5.88 Å². The largest absolute Gasteiger partial charge is 0.476 e. The molecule has 0 spiro atoms. The van der Waals surface area contributed by atoms with Gasteiger partial charge in [0.25, 0.3) is 5.91 Å². The molecule has 3 aromatic rings. The Morgan fingerprint density at radius 2 is 2.07 bits per heavy atom. The highest BCUT2D eigenvalue weighted by Crippen LogP contribution is 2.28. The zero-order valence-electron chi connectivity index (χ0n) is 15.7. The van der Waals surface area contributed by atoms with Crippen LogP contribution in [0.5, 0.6) is 5.88 Å². The number of aryl methyl sites for hydroxylation is 1. The fourth-order valence-corrected chi connectivity index (χ4v) is 3.40. The first-order chi connectivity index (χ1) is 14.3. The molecule has 0 saturated carbocycles. The molecule has 0 aliphatic carbocycles. The Bertz CT molecular complexity index is 1020. The summed E-state index contributed by atoms with van der Waals surface area (Å²) in [6.07, 6.45) is -1.29. The highest BCUT2D eigenvalue weighted by Gasteiger charge is 2.33. The van der Waals surface area contributed by atoms with Crippen molar-refractivity contribution in [2.75, 3.05) is 18.5 Å². The number of ether oxygens (including phenoxy) is 1. The second-order valence-electron chi connectivity index (χ2n) is 6.11. The number of alkyl halides is 3. The Hall–Kier alpha value is -3.12. The number of nitrogens with two attached hydrogens (primary N) is 1. The molecule has 0 aliphatic rings. The van der Waals surface area contributed by atoms with Crippen molar-refractivity contribution in [2.45, 2.75) is 19.5 Å². The molecule has 3 N–H and O–H groups in total. The highest BCUT2D eigenvalue weighted by atomic mass is 32.1. The van der Waals surface area contributed by atoms with E-state index in [-0.39, 0.29) is 17.7 Å². The van der Waals surface area contributed by atoms with Gasteiger partial charge in [0.05, 0.1) is 35.0 Å². The predicted octanol–water partition coefficient (Wildman–Crippen LogP) is 2.84. The number of pyridine rings is 1. The molecular formula is C18H17F3N6O2S. The average molecular weight is 438 g/mol. The van der Waals surface area contributed by atoms with E-state index in [1.165, 1.54) is 12.4 Å². The van der Waals surface area contributed by atoms with Crippen LogP contribution in [0.1, 0.15) is 32.3 Å². The minimum Gasteiger partial charge on any atom is -0.476 e. The van der Waals surface area contributed by atoms with Crippen LogP contribution >= 0.6 is 11.5 Å². The number of anilines is 1. The molecule has 0 aromatic carbocycles. The summed E-state index contributed by atoms with van der Waals surface area (Å²) in [6.45, 7) is 2.32. The van der Waals surface area contributed by atoms with E-state index in [0.29, 0.717) is 41.5 Å². The first-order valence-corrected chi connectivity index (χ1v) is 9.49. The molecule has 0 saturated heterocycles. The van der Waals surface area contributed by atoms with Crippen LogP contribution in [0, 0.1) is 6.92 Å². The maximum Gasteiger partial charge on any atom is 0.434 e. The van der Waals surface area contributed by atoms with Crippen LogP contribution in [0.4, 0.5) is 18.9 Å². The standard InChI is InChI=1S/C18H17F3N6O2S/c1-10-16(17(28)26-11-2-3-15(24-8-11)29-5-4-22)13(30-27-10)6-12-7-23-9-14(25-12)18(19,20)21/h2-3,7-9H,4-6,22H2,1H3,(H,26,28). The smallest absolute Gasteiger partial charge is 0.434 e. The van der Waals surface area contributed by atoms with Crippen molar-refractivity contribution in [3.05, 3.63) is 58.2 Å². The number of halogens is 3. The molecular weight excluding hydrogens is 421 g/mol. The zero-order valence-corrected chi connectivity index (χ0v) is 16.5. The topological polar surface area (TPSA) is 116 Å².